The fraction of sp³-hybridized carbons (Fsp3) is 0.500. The Kier molecular flexibility index (Phi) is 4.70. The van der Waals surface area contributed by atoms with E-state index in [1.54, 1.807) is 7.05 Å². The van der Waals surface area contributed by atoms with Crippen molar-refractivity contribution in [1.29, 1.82) is 0 Å². The minimum absolute atomic E-state index is 0.205. The first kappa shape index (κ1) is 13.7. The molecular weight excluding hydrogens is 214 g/mol. The van der Waals surface area contributed by atoms with Gasteiger partial charge >= 0.3 is 5.97 Å². The molecule has 1 atom stereocenters. The number of hydrogen-bond acceptors (Lipinski definition) is 3. The van der Waals surface area contributed by atoms with E-state index in [1.165, 1.54) is 0 Å². The van der Waals surface area contributed by atoms with Crippen molar-refractivity contribution in [3.05, 3.63) is 35.9 Å². The maximum absolute atomic E-state index is 11.9. The standard InChI is InChI=1S/C14H21NO2/c1-14(2,3)17-13(16)12(15-4)10-11-8-6-5-7-9-11/h5-9,12,15H,10H2,1-4H3/t12-/m1/s1. The predicted octanol–water partition coefficient (Wildman–Crippen LogP) is 2.16. The van der Waals surface area contributed by atoms with E-state index in [0.29, 0.717) is 6.42 Å². The van der Waals surface area contributed by atoms with Crippen molar-refractivity contribution in [3.8, 4) is 0 Å². The summed E-state index contributed by atoms with van der Waals surface area (Å²) in [6, 6.07) is 9.62. The SMILES string of the molecule is CN[C@H](Cc1ccccc1)C(=O)OC(C)(C)C. The second-order valence-electron chi connectivity index (χ2n) is 5.06. The molecule has 3 nitrogen and oxygen atoms in total. The second kappa shape index (κ2) is 5.82. The Bertz CT molecular complexity index is 354. The summed E-state index contributed by atoms with van der Waals surface area (Å²) in [4.78, 5) is 11.9. The summed E-state index contributed by atoms with van der Waals surface area (Å²) in [6.45, 7) is 5.63. The van der Waals surface area contributed by atoms with E-state index in [1.807, 2.05) is 51.1 Å². The molecule has 0 bridgehead atoms. The maximum atomic E-state index is 11.9. The highest BCUT2D eigenvalue weighted by Gasteiger charge is 2.23. The fourth-order valence-electron chi connectivity index (χ4n) is 1.53. The van der Waals surface area contributed by atoms with E-state index in [0.717, 1.165) is 5.56 Å². The van der Waals surface area contributed by atoms with E-state index >= 15 is 0 Å². The number of nitrogens with one attached hydrogen (secondary N) is 1. The van der Waals surface area contributed by atoms with Gasteiger partial charge in [0.2, 0.25) is 0 Å². The van der Waals surface area contributed by atoms with E-state index in [4.69, 9.17) is 4.74 Å². The third-order valence-electron chi connectivity index (χ3n) is 2.32. The Morgan fingerprint density at radius 2 is 1.88 bits per heavy atom. The van der Waals surface area contributed by atoms with Gasteiger partial charge in [0.1, 0.15) is 11.6 Å². The average Bonchev–Trinajstić information content (AvgIpc) is 2.24. The normalized spacial score (nSPS) is 13.2. The van der Waals surface area contributed by atoms with Gasteiger partial charge in [-0.25, -0.2) is 0 Å². The summed E-state index contributed by atoms with van der Waals surface area (Å²) in [5, 5.41) is 3.00. The van der Waals surface area contributed by atoms with Crippen LogP contribution in [-0.2, 0) is 16.0 Å². The maximum Gasteiger partial charge on any atom is 0.323 e. The van der Waals surface area contributed by atoms with E-state index < -0.39 is 5.60 Å². The third-order valence-corrected chi connectivity index (χ3v) is 2.32. The Balaban J connectivity index is 2.63. The largest absolute Gasteiger partial charge is 0.459 e. The quantitative estimate of drug-likeness (QED) is 0.813. The van der Waals surface area contributed by atoms with Crippen LogP contribution in [0.1, 0.15) is 26.3 Å². The van der Waals surface area contributed by atoms with Crippen LogP contribution in [0.2, 0.25) is 0 Å². The first-order valence-electron chi connectivity index (χ1n) is 5.86. The van der Waals surface area contributed by atoms with Gasteiger partial charge in [0, 0.05) is 0 Å². The topological polar surface area (TPSA) is 38.3 Å². The summed E-state index contributed by atoms with van der Waals surface area (Å²) in [5.41, 5.74) is 0.681. The smallest absolute Gasteiger partial charge is 0.323 e. The molecule has 1 aromatic rings. The molecule has 1 aromatic carbocycles. The highest BCUT2D eigenvalue weighted by Crippen LogP contribution is 2.11. The van der Waals surface area contributed by atoms with Crippen LogP contribution in [0.25, 0.3) is 0 Å². The molecular formula is C14H21NO2. The molecule has 0 aliphatic rings. The van der Waals surface area contributed by atoms with E-state index in [-0.39, 0.29) is 12.0 Å². The average molecular weight is 235 g/mol. The van der Waals surface area contributed by atoms with Crippen LogP contribution in [0.4, 0.5) is 0 Å². The zero-order valence-corrected chi connectivity index (χ0v) is 11.0. The molecule has 3 heteroatoms. The Morgan fingerprint density at radius 3 is 2.35 bits per heavy atom. The molecule has 1 rings (SSSR count). The zero-order chi connectivity index (χ0) is 12.9. The molecule has 17 heavy (non-hydrogen) atoms. The molecule has 0 aliphatic heterocycles. The van der Waals surface area contributed by atoms with Crippen LogP contribution in [0.5, 0.6) is 0 Å². The fourth-order valence-corrected chi connectivity index (χ4v) is 1.53. The van der Waals surface area contributed by atoms with Crippen LogP contribution >= 0.6 is 0 Å². The number of esters is 1. The first-order valence-corrected chi connectivity index (χ1v) is 5.86. The van der Waals surface area contributed by atoms with Gasteiger partial charge in [0.25, 0.3) is 0 Å². The summed E-state index contributed by atoms with van der Waals surface area (Å²) >= 11 is 0. The zero-order valence-electron chi connectivity index (χ0n) is 11.0. The Morgan fingerprint density at radius 1 is 1.29 bits per heavy atom. The van der Waals surface area contributed by atoms with Gasteiger partial charge in [0.05, 0.1) is 0 Å². The molecule has 1 N–H and O–H groups in total. The van der Waals surface area contributed by atoms with Crippen LogP contribution in [-0.4, -0.2) is 24.7 Å². The van der Waals surface area contributed by atoms with Crippen LogP contribution < -0.4 is 5.32 Å². The predicted molar refractivity (Wildman–Crippen MR) is 68.8 cm³/mol. The lowest BCUT2D eigenvalue weighted by molar-refractivity contribution is -0.157. The highest BCUT2D eigenvalue weighted by molar-refractivity contribution is 5.76. The van der Waals surface area contributed by atoms with E-state index in [9.17, 15) is 4.79 Å². The van der Waals surface area contributed by atoms with Gasteiger partial charge in [-0.1, -0.05) is 30.3 Å². The Labute approximate surface area is 103 Å². The van der Waals surface area contributed by atoms with Crippen LogP contribution in [0, 0.1) is 0 Å². The minimum atomic E-state index is -0.442. The molecule has 0 amide bonds. The van der Waals surface area contributed by atoms with Gasteiger partial charge < -0.3 is 10.1 Å². The van der Waals surface area contributed by atoms with Gasteiger partial charge in [-0.05, 0) is 39.8 Å². The molecule has 0 unspecified atom stereocenters. The number of rotatable bonds is 4. The number of ether oxygens (including phenoxy) is 1. The number of carbonyl (C=O) groups is 1. The third kappa shape index (κ3) is 5.00. The lowest BCUT2D eigenvalue weighted by Crippen LogP contribution is -2.41. The number of benzene rings is 1. The van der Waals surface area contributed by atoms with Crippen molar-refractivity contribution in [2.45, 2.75) is 38.8 Å². The van der Waals surface area contributed by atoms with Crippen molar-refractivity contribution in [2.24, 2.45) is 0 Å². The van der Waals surface area contributed by atoms with Gasteiger partial charge in [-0.2, -0.15) is 0 Å². The number of carbonyl (C=O) groups excluding carboxylic acids is 1. The molecule has 94 valence electrons. The van der Waals surface area contributed by atoms with Crippen molar-refractivity contribution in [1.82, 2.24) is 5.32 Å². The van der Waals surface area contributed by atoms with Crippen molar-refractivity contribution >= 4 is 5.97 Å². The summed E-state index contributed by atoms with van der Waals surface area (Å²) in [7, 11) is 1.78. The number of hydrogen-bond donors (Lipinski definition) is 1. The molecule has 0 spiro atoms. The lowest BCUT2D eigenvalue weighted by atomic mass is 10.1. The molecule has 0 heterocycles. The van der Waals surface area contributed by atoms with Gasteiger partial charge in [-0.15, -0.1) is 0 Å². The van der Waals surface area contributed by atoms with Crippen LogP contribution in [0.3, 0.4) is 0 Å². The molecule has 0 aliphatic carbocycles. The first-order chi connectivity index (χ1) is 7.92. The number of likely N-dealkylation sites (N-methyl/N-ethyl adjacent to an activating group) is 1. The van der Waals surface area contributed by atoms with E-state index in [2.05, 4.69) is 5.32 Å². The summed E-state index contributed by atoms with van der Waals surface area (Å²) in [6.07, 6.45) is 0.645. The summed E-state index contributed by atoms with van der Waals surface area (Å²) < 4.78 is 5.36. The lowest BCUT2D eigenvalue weighted by Gasteiger charge is -2.23. The highest BCUT2D eigenvalue weighted by atomic mass is 16.6. The monoisotopic (exact) mass is 235 g/mol. The summed E-state index contributed by atoms with van der Waals surface area (Å²) in [5.74, 6) is -0.205. The van der Waals surface area contributed by atoms with Crippen LogP contribution in [0.15, 0.2) is 30.3 Å². The molecule has 0 saturated heterocycles. The molecule has 0 fully saturated rings. The minimum Gasteiger partial charge on any atom is -0.459 e. The molecule has 0 aromatic heterocycles. The second-order valence-corrected chi connectivity index (χ2v) is 5.06. The van der Waals surface area contributed by atoms with Crippen molar-refractivity contribution in [2.75, 3.05) is 7.05 Å². The van der Waals surface area contributed by atoms with Gasteiger partial charge in [-0.3, -0.25) is 4.79 Å². The Hall–Kier alpha value is -1.35. The van der Waals surface area contributed by atoms with Gasteiger partial charge in [0.15, 0.2) is 0 Å². The molecule has 0 radical (unpaired) electrons. The van der Waals surface area contributed by atoms with Crippen molar-refractivity contribution < 1.29 is 9.53 Å². The molecule has 0 saturated carbocycles. The van der Waals surface area contributed by atoms with Crippen molar-refractivity contribution in [3.63, 3.8) is 0 Å².